The largest absolute Gasteiger partial charge is 0.497 e. The molecule has 26 heavy (non-hydrogen) atoms. The number of carbonyl (C=O) groups excluding carboxylic acids is 1. The molecule has 0 aliphatic heterocycles. The van der Waals surface area contributed by atoms with Gasteiger partial charge in [-0.25, -0.2) is 4.39 Å². The second kappa shape index (κ2) is 6.73. The van der Waals surface area contributed by atoms with Crippen LogP contribution in [0.25, 0.3) is 20.5 Å². The first-order valence-corrected chi connectivity index (χ1v) is 8.95. The molecule has 4 aromatic rings. The van der Waals surface area contributed by atoms with Gasteiger partial charge in [0, 0.05) is 26.1 Å². The van der Waals surface area contributed by atoms with Crippen LogP contribution in [0.2, 0.25) is 0 Å². The number of thiophene rings is 1. The number of hydrogen-bond donors (Lipinski definition) is 0. The van der Waals surface area contributed by atoms with Gasteiger partial charge in [0.15, 0.2) is 5.78 Å². The Hall–Kier alpha value is -2.98. The van der Waals surface area contributed by atoms with Crippen LogP contribution in [0.15, 0.2) is 72.8 Å². The first kappa shape index (κ1) is 16.5. The van der Waals surface area contributed by atoms with Crippen molar-refractivity contribution in [2.45, 2.75) is 0 Å². The summed E-state index contributed by atoms with van der Waals surface area (Å²) in [4.78, 5) is 14.1. The molecule has 4 rings (SSSR count). The van der Waals surface area contributed by atoms with Crippen LogP contribution < -0.4 is 4.74 Å². The van der Waals surface area contributed by atoms with E-state index in [2.05, 4.69) is 0 Å². The van der Waals surface area contributed by atoms with E-state index in [9.17, 15) is 9.18 Å². The summed E-state index contributed by atoms with van der Waals surface area (Å²) >= 11 is 1.58. The predicted octanol–water partition coefficient (Wildman–Crippen LogP) is 5.95. The van der Waals surface area contributed by atoms with Gasteiger partial charge in [-0.15, -0.1) is 11.3 Å². The van der Waals surface area contributed by atoms with Crippen molar-refractivity contribution >= 4 is 27.2 Å². The minimum absolute atomic E-state index is 0.103. The summed E-state index contributed by atoms with van der Waals surface area (Å²) in [5, 5.41) is 0.914. The molecule has 0 aliphatic rings. The molecule has 0 aliphatic carbocycles. The van der Waals surface area contributed by atoms with Crippen molar-refractivity contribution in [1.82, 2.24) is 0 Å². The number of ether oxygens (including phenoxy) is 1. The quantitative estimate of drug-likeness (QED) is 0.420. The average Bonchev–Trinajstić information content (AvgIpc) is 3.07. The minimum Gasteiger partial charge on any atom is -0.497 e. The van der Waals surface area contributed by atoms with Gasteiger partial charge in [0.2, 0.25) is 0 Å². The molecule has 0 fully saturated rings. The Bertz CT molecular complexity index is 1080. The lowest BCUT2D eigenvalue weighted by Gasteiger charge is -2.06. The molecule has 1 heterocycles. The van der Waals surface area contributed by atoms with E-state index in [4.69, 9.17) is 4.74 Å². The van der Waals surface area contributed by atoms with Gasteiger partial charge in [-0.05, 0) is 60.2 Å². The van der Waals surface area contributed by atoms with Crippen LogP contribution in [0, 0.1) is 5.82 Å². The first-order valence-electron chi connectivity index (χ1n) is 8.13. The Morgan fingerprint density at radius 3 is 2.31 bits per heavy atom. The molecule has 0 N–H and O–H groups in total. The highest BCUT2D eigenvalue weighted by atomic mass is 32.1. The van der Waals surface area contributed by atoms with Crippen LogP contribution in [0.1, 0.15) is 15.9 Å². The summed E-state index contributed by atoms with van der Waals surface area (Å²) in [7, 11) is 1.62. The maximum Gasteiger partial charge on any atom is 0.195 e. The molecule has 3 aromatic carbocycles. The Labute approximate surface area is 154 Å². The lowest BCUT2D eigenvalue weighted by atomic mass is 9.97. The molecule has 128 valence electrons. The van der Waals surface area contributed by atoms with Crippen LogP contribution in [-0.4, -0.2) is 12.9 Å². The number of rotatable bonds is 4. The van der Waals surface area contributed by atoms with E-state index in [-0.39, 0.29) is 11.6 Å². The minimum atomic E-state index is -0.355. The zero-order valence-corrected chi connectivity index (χ0v) is 14.8. The molecule has 2 nitrogen and oxygen atoms in total. The molecule has 0 atom stereocenters. The van der Waals surface area contributed by atoms with Crippen LogP contribution in [-0.2, 0) is 0 Å². The molecule has 0 unspecified atom stereocenters. The number of ketones is 1. The molecule has 4 heteroatoms. The van der Waals surface area contributed by atoms with Gasteiger partial charge in [0.25, 0.3) is 0 Å². The lowest BCUT2D eigenvalue weighted by Crippen LogP contribution is -2.02. The van der Waals surface area contributed by atoms with Gasteiger partial charge in [-0.1, -0.05) is 18.2 Å². The fraction of sp³-hybridized carbons (Fsp3) is 0.0455. The van der Waals surface area contributed by atoms with E-state index in [1.165, 1.54) is 24.3 Å². The van der Waals surface area contributed by atoms with Crippen molar-refractivity contribution in [1.29, 1.82) is 0 Å². The summed E-state index contributed by atoms with van der Waals surface area (Å²) in [6, 6.07) is 21.2. The van der Waals surface area contributed by atoms with Crippen molar-refractivity contribution in [3.05, 3.63) is 89.7 Å². The third-order valence-corrected chi connectivity index (χ3v) is 5.50. The molecule has 0 spiro atoms. The van der Waals surface area contributed by atoms with Gasteiger partial charge in [0.05, 0.1) is 7.11 Å². The van der Waals surface area contributed by atoms with Crippen LogP contribution >= 0.6 is 11.3 Å². The number of carbonyl (C=O) groups is 1. The van der Waals surface area contributed by atoms with E-state index < -0.39 is 0 Å². The van der Waals surface area contributed by atoms with E-state index in [0.29, 0.717) is 11.1 Å². The molecule has 0 bridgehead atoms. The number of methoxy groups -OCH3 is 1. The molecule has 1 aromatic heterocycles. The van der Waals surface area contributed by atoms with E-state index in [1.54, 1.807) is 18.4 Å². The van der Waals surface area contributed by atoms with Crippen molar-refractivity contribution in [2.75, 3.05) is 7.11 Å². The summed E-state index contributed by atoms with van der Waals surface area (Å²) in [6.07, 6.45) is 0. The summed E-state index contributed by atoms with van der Waals surface area (Å²) < 4.78 is 19.5. The number of hydrogen-bond acceptors (Lipinski definition) is 3. The monoisotopic (exact) mass is 362 g/mol. The third-order valence-electron chi connectivity index (χ3n) is 4.28. The second-order valence-electron chi connectivity index (χ2n) is 5.87. The van der Waals surface area contributed by atoms with Gasteiger partial charge < -0.3 is 4.74 Å². The zero-order chi connectivity index (χ0) is 18.1. The Morgan fingerprint density at radius 1 is 0.923 bits per heavy atom. The predicted molar refractivity (Wildman–Crippen MR) is 104 cm³/mol. The van der Waals surface area contributed by atoms with E-state index in [0.717, 1.165) is 26.3 Å². The Balaban J connectivity index is 1.91. The molecule has 0 radical (unpaired) electrons. The highest BCUT2D eigenvalue weighted by molar-refractivity contribution is 7.22. The molecular weight excluding hydrogens is 347 g/mol. The fourth-order valence-corrected chi connectivity index (χ4v) is 4.17. The molecular formula is C22H15FO2S. The molecule has 0 saturated carbocycles. The van der Waals surface area contributed by atoms with Crippen molar-refractivity contribution in [3.63, 3.8) is 0 Å². The summed E-state index contributed by atoms with van der Waals surface area (Å²) in [5.74, 6) is 0.307. The van der Waals surface area contributed by atoms with E-state index >= 15 is 0 Å². The normalized spacial score (nSPS) is 10.8. The van der Waals surface area contributed by atoms with Gasteiger partial charge in [-0.2, -0.15) is 0 Å². The van der Waals surface area contributed by atoms with Crippen molar-refractivity contribution < 1.29 is 13.9 Å². The standard InChI is InChI=1S/C22H15FO2S/c1-25-17-12-8-15(9-13-17)22-20(18-4-2-3-5-19(18)26-22)21(24)14-6-10-16(23)11-7-14/h2-13H,1H3. The topological polar surface area (TPSA) is 26.3 Å². The van der Waals surface area contributed by atoms with Gasteiger partial charge in [-0.3, -0.25) is 4.79 Å². The SMILES string of the molecule is COc1ccc(-c2sc3ccccc3c2C(=O)c2ccc(F)cc2)cc1. The van der Waals surface area contributed by atoms with Crippen molar-refractivity contribution in [2.24, 2.45) is 0 Å². The highest BCUT2D eigenvalue weighted by Gasteiger charge is 2.21. The van der Waals surface area contributed by atoms with Crippen LogP contribution in [0.3, 0.4) is 0 Å². The molecule has 0 saturated heterocycles. The number of benzene rings is 3. The fourth-order valence-electron chi connectivity index (χ4n) is 2.96. The molecule has 0 amide bonds. The average molecular weight is 362 g/mol. The van der Waals surface area contributed by atoms with Crippen LogP contribution in [0.5, 0.6) is 5.75 Å². The lowest BCUT2D eigenvalue weighted by molar-refractivity contribution is 0.104. The number of fused-ring (bicyclic) bond motifs is 1. The Kier molecular flexibility index (Phi) is 4.27. The highest BCUT2D eigenvalue weighted by Crippen LogP contribution is 2.40. The maximum absolute atomic E-state index is 13.2. The summed E-state index contributed by atoms with van der Waals surface area (Å²) in [5.41, 5.74) is 2.09. The van der Waals surface area contributed by atoms with Crippen molar-refractivity contribution in [3.8, 4) is 16.2 Å². The number of halogens is 1. The maximum atomic E-state index is 13.2. The first-order chi connectivity index (χ1) is 12.7. The van der Waals surface area contributed by atoms with E-state index in [1.807, 2.05) is 48.5 Å². The van der Waals surface area contributed by atoms with Gasteiger partial charge in [0.1, 0.15) is 11.6 Å². The third kappa shape index (κ3) is 2.89. The van der Waals surface area contributed by atoms with Gasteiger partial charge >= 0.3 is 0 Å². The summed E-state index contributed by atoms with van der Waals surface area (Å²) in [6.45, 7) is 0. The second-order valence-corrected chi connectivity index (χ2v) is 6.92. The van der Waals surface area contributed by atoms with Crippen LogP contribution in [0.4, 0.5) is 4.39 Å². The Morgan fingerprint density at radius 2 is 1.62 bits per heavy atom. The smallest absolute Gasteiger partial charge is 0.195 e. The zero-order valence-electron chi connectivity index (χ0n) is 14.0.